The van der Waals surface area contributed by atoms with Crippen LogP contribution in [-0.2, 0) is 37.9 Å². The van der Waals surface area contributed by atoms with Crippen LogP contribution in [0.15, 0.2) is 0 Å². The zero-order valence-corrected chi connectivity index (χ0v) is 4.00. The molecule has 0 saturated heterocycles. The molecule has 1 radical (unpaired) electrons. The molecule has 3 heteroatoms. The predicted molar refractivity (Wildman–Crippen MR) is 6.75 cm³/mol. The first-order chi connectivity index (χ1) is 1.41. The number of carbonyl (C=O) groups excluding carboxylic acids is 1. The maximum atomic E-state index is 8.69. The van der Waals surface area contributed by atoms with E-state index in [1.807, 2.05) is 0 Å². The van der Waals surface area contributed by atoms with Gasteiger partial charge in [-0.2, -0.15) is 0 Å². The van der Waals surface area contributed by atoms with Crippen LogP contribution < -0.4 is 0 Å². The van der Waals surface area contributed by atoms with Crippen LogP contribution >= 0.6 is 0 Å². The Balaban J connectivity index is 0. The van der Waals surface area contributed by atoms with Crippen molar-refractivity contribution in [2.75, 3.05) is 0 Å². The number of carbonyl (C=O) groups is 1. The first-order valence-corrected chi connectivity index (χ1v) is 1.08. The molecule has 0 aromatic rings. The summed E-state index contributed by atoms with van der Waals surface area (Å²) >= 11 is 2.81. The van der Waals surface area contributed by atoms with Crippen molar-refractivity contribution in [3.8, 4) is 0 Å². The fourth-order valence-electron chi connectivity index (χ4n) is 0. The fraction of sp³-hybridized carbons (Fsp3) is 0. The summed E-state index contributed by atoms with van der Waals surface area (Å²) in [6.07, 6.45) is 0. The fourth-order valence-corrected chi connectivity index (χ4v) is 0. The molecule has 0 bridgehead atoms. The second-order valence-corrected chi connectivity index (χ2v) is 0.344. The third-order valence-corrected chi connectivity index (χ3v) is 0. The van der Waals surface area contributed by atoms with Gasteiger partial charge in [0, 0.05) is 17.1 Å². The van der Waals surface area contributed by atoms with Gasteiger partial charge in [0.25, 0.3) is 0 Å². The quantitative estimate of drug-likeness (QED) is 0.334. The Morgan fingerprint density at radius 1 is 1.75 bits per heavy atom. The van der Waals surface area contributed by atoms with E-state index in [0.29, 0.717) is 5.18 Å². The van der Waals surface area contributed by atoms with Gasteiger partial charge in [-0.1, -0.05) is 0 Å². The Morgan fingerprint density at radius 2 is 1.75 bits per heavy atom. The molecule has 1 nitrogen and oxygen atoms in total. The average Bonchev–Trinajstić information content (AvgIpc) is 0.918. The van der Waals surface area contributed by atoms with E-state index in [2.05, 4.69) is 16.0 Å². The monoisotopic (exact) mass is 140 g/mol. The maximum absolute atomic E-state index is 8.69. The van der Waals surface area contributed by atoms with Crippen molar-refractivity contribution >= 4 is 5.18 Å². The number of hydrogen-bond acceptors (Lipinski definition) is 1. The van der Waals surface area contributed by atoms with Crippen LogP contribution in [0.2, 0.25) is 0 Å². The predicted octanol–water partition coefficient (Wildman–Crippen LogP) is -0.279. The van der Waals surface area contributed by atoms with E-state index < -0.39 is 0 Å². The van der Waals surface area contributed by atoms with Crippen LogP contribution in [0.4, 0.5) is 0 Å². The summed E-state index contributed by atoms with van der Waals surface area (Å²) in [5.74, 6) is 0. The SMILES string of the molecule is O=[CH][Fe].[Mn]. The summed E-state index contributed by atoms with van der Waals surface area (Å²) in [5, 5.41) is 0.500. The molecule has 0 aliphatic rings. The molecule has 0 aromatic carbocycles. The Kier molecular flexibility index (Phi) is 20.6. The van der Waals surface area contributed by atoms with Crippen LogP contribution in [0.1, 0.15) is 0 Å². The van der Waals surface area contributed by atoms with E-state index in [1.54, 1.807) is 0 Å². The summed E-state index contributed by atoms with van der Waals surface area (Å²) in [4.78, 5) is 8.69. The minimum atomic E-state index is 0. The van der Waals surface area contributed by atoms with Crippen molar-refractivity contribution in [1.29, 1.82) is 0 Å². The molecule has 0 aliphatic carbocycles. The van der Waals surface area contributed by atoms with Crippen LogP contribution in [0.3, 0.4) is 0 Å². The second-order valence-electron chi connectivity index (χ2n) is 0.0833. The van der Waals surface area contributed by atoms with E-state index >= 15 is 0 Å². The van der Waals surface area contributed by atoms with Gasteiger partial charge in [0.15, 0.2) is 0 Å². The second kappa shape index (κ2) is 9.32. The minimum Gasteiger partial charge on any atom is 0 e. The molecule has 0 spiro atoms. The molecule has 0 rings (SSSR count). The van der Waals surface area contributed by atoms with Crippen molar-refractivity contribution in [2.45, 2.75) is 0 Å². The summed E-state index contributed by atoms with van der Waals surface area (Å²) < 4.78 is 0. The Hall–Kier alpha value is 0.709. The molecule has 0 N–H and O–H groups in total. The molecule has 0 saturated carbocycles. The Bertz CT molecular complexity index is 15.5. The van der Waals surface area contributed by atoms with Crippen LogP contribution in [0.5, 0.6) is 0 Å². The van der Waals surface area contributed by atoms with Gasteiger partial charge in [-0.15, -0.1) is 0 Å². The van der Waals surface area contributed by atoms with Gasteiger partial charge in [0.2, 0.25) is 0 Å². The number of hydrogen-bond donors (Lipinski definition) is 0. The topological polar surface area (TPSA) is 17.1 Å². The van der Waals surface area contributed by atoms with Gasteiger partial charge in [-0.25, -0.2) is 0 Å². The van der Waals surface area contributed by atoms with Gasteiger partial charge >= 0.3 is 26.0 Å². The summed E-state index contributed by atoms with van der Waals surface area (Å²) in [6.45, 7) is 0. The maximum Gasteiger partial charge on any atom is 0 e. The minimum absolute atomic E-state index is 0. The molecule has 4 heavy (non-hydrogen) atoms. The molecule has 0 amide bonds. The zero-order valence-electron chi connectivity index (χ0n) is 1.72. The molecular weight excluding hydrogens is 139 g/mol. The van der Waals surface area contributed by atoms with Crippen molar-refractivity contribution in [3.63, 3.8) is 0 Å². The van der Waals surface area contributed by atoms with E-state index in [4.69, 9.17) is 4.79 Å². The molecular formula is CHFeMnO. The average molecular weight is 140 g/mol. The Morgan fingerprint density at radius 3 is 1.75 bits per heavy atom. The van der Waals surface area contributed by atoms with Crippen LogP contribution in [0, 0.1) is 0 Å². The van der Waals surface area contributed by atoms with Crippen LogP contribution in [-0.4, -0.2) is 5.18 Å². The zero-order chi connectivity index (χ0) is 2.71. The first-order valence-electron chi connectivity index (χ1n) is 0.440. The smallest absolute Gasteiger partial charge is 0 e. The normalized spacial score (nSPS) is 3.25. The van der Waals surface area contributed by atoms with Gasteiger partial charge in [-0.05, 0) is 0 Å². The number of rotatable bonds is 0. The van der Waals surface area contributed by atoms with Crippen molar-refractivity contribution in [2.24, 2.45) is 0 Å². The van der Waals surface area contributed by atoms with Crippen molar-refractivity contribution in [3.05, 3.63) is 0 Å². The van der Waals surface area contributed by atoms with Crippen molar-refractivity contribution in [1.82, 2.24) is 0 Å². The third-order valence-electron chi connectivity index (χ3n) is 0. The van der Waals surface area contributed by atoms with E-state index in [1.165, 1.54) is 0 Å². The molecule has 0 unspecified atom stereocenters. The summed E-state index contributed by atoms with van der Waals surface area (Å²) in [5.41, 5.74) is 0. The van der Waals surface area contributed by atoms with E-state index in [-0.39, 0.29) is 17.1 Å². The van der Waals surface area contributed by atoms with Gasteiger partial charge in [0.1, 0.15) is 0 Å². The molecule has 0 heterocycles. The standard InChI is InChI=1S/CHO.Fe.Mn/c1-2;;/h1H;;. The first kappa shape index (κ1) is 8.83. The summed E-state index contributed by atoms with van der Waals surface area (Å²) in [6, 6.07) is 0. The van der Waals surface area contributed by atoms with Crippen LogP contribution in [0.25, 0.3) is 0 Å². The van der Waals surface area contributed by atoms with Gasteiger partial charge in [0.05, 0.1) is 0 Å². The van der Waals surface area contributed by atoms with Gasteiger partial charge < -0.3 is 0 Å². The van der Waals surface area contributed by atoms with E-state index in [9.17, 15) is 0 Å². The molecule has 0 aromatic heterocycles. The molecule has 0 fully saturated rings. The molecule has 0 aliphatic heterocycles. The van der Waals surface area contributed by atoms with Gasteiger partial charge in [-0.3, -0.25) is 0 Å². The van der Waals surface area contributed by atoms with E-state index in [0.717, 1.165) is 0 Å². The molecule has 26 valence electrons. The third kappa shape index (κ3) is 15.7. The molecule has 0 atom stereocenters. The Labute approximate surface area is 43.4 Å². The van der Waals surface area contributed by atoms with Crippen molar-refractivity contribution < 1.29 is 37.9 Å². The largest absolute Gasteiger partial charge is 0 e. The summed E-state index contributed by atoms with van der Waals surface area (Å²) in [7, 11) is 0.